The molecule has 21 heavy (non-hydrogen) atoms. The molecule has 2 aliphatic heterocycles. The standard InChI is InChI=1S/C17H16O4/c18-17(16-9-11-3-1-2-4-13(11)21-16)12-5-6-14-15(10-12)20-8-7-19-14/h1-6,10,16-18H,7-9H2. The van der Waals surface area contributed by atoms with Gasteiger partial charge in [0.05, 0.1) is 0 Å². The molecule has 4 rings (SSSR count). The maximum atomic E-state index is 10.6. The number of rotatable bonds is 2. The second-order valence-electron chi connectivity index (χ2n) is 5.32. The van der Waals surface area contributed by atoms with Crippen molar-refractivity contribution in [2.24, 2.45) is 0 Å². The molecule has 4 heteroatoms. The van der Waals surface area contributed by atoms with Crippen LogP contribution in [0.5, 0.6) is 17.2 Å². The van der Waals surface area contributed by atoms with Crippen LogP contribution in [0.1, 0.15) is 17.2 Å². The monoisotopic (exact) mass is 284 g/mol. The third kappa shape index (κ3) is 2.21. The molecule has 0 aromatic heterocycles. The minimum absolute atomic E-state index is 0.259. The summed E-state index contributed by atoms with van der Waals surface area (Å²) in [6.45, 7) is 1.11. The summed E-state index contributed by atoms with van der Waals surface area (Å²) in [5, 5.41) is 10.6. The van der Waals surface area contributed by atoms with Gasteiger partial charge in [0, 0.05) is 6.42 Å². The lowest BCUT2D eigenvalue weighted by molar-refractivity contribution is 0.0488. The first-order valence-electron chi connectivity index (χ1n) is 7.13. The van der Waals surface area contributed by atoms with Crippen LogP contribution in [0.2, 0.25) is 0 Å². The van der Waals surface area contributed by atoms with Gasteiger partial charge >= 0.3 is 0 Å². The van der Waals surface area contributed by atoms with Crippen molar-refractivity contribution < 1.29 is 19.3 Å². The van der Waals surface area contributed by atoms with Gasteiger partial charge in [-0.2, -0.15) is 0 Å². The van der Waals surface area contributed by atoms with Crippen LogP contribution in [0.3, 0.4) is 0 Å². The van der Waals surface area contributed by atoms with E-state index in [1.54, 1.807) is 0 Å². The fourth-order valence-corrected chi connectivity index (χ4v) is 2.84. The van der Waals surface area contributed by atoms with Gasteiger partial charge < -0.3 is 19.3 Å². The Morgan fingerprint density at radius 2 is 1.76 bits per heavy atom. The van der Waals surface area contributed by atoms with Crippen molar-refractivity contribution in [1.29, 1.82) is 0 Å². The summed E-state index contributed by atoms with van der Waals surface area (Å²) >= 11 is 0. The summed E-state index contributed by atoms with van der Waals surface area (Å²) in [6.07, 6.45) is -0.232. The summed E-state index contributed by atoms with van der Waals surface area (Å²) in [5.41, 5.74) is 1.93. The molecule has 1 N–H and O–H groups in total. The minimum Gasteiger partial charge on any atom is -0.487 e. The molecule has 2 aromatic rings. The van der Waals surface area contributed by atoms with Crippen LogP contribution < -0.4 is 14.2 Å². The van der Waals surface area contributed by atoms with Crippen LogP contribution >= 0.6 is 0 Å². The largest absolute Gasteiger partial charge is 0.487 e. The molecule has 0 saturated heterocycles. The van der Waals surface area contributed by atoms with Crippen molar-refractivity contribution in [3.05, 3.63) is 53.6 Å². The topological polar surface area (TPSA) is 47.9 Å². The van der Waals surface area contributed by atoms with Crippen molar-refractivity contribution in [2.75, 3.05) is 13.2 Å². The molecule has 2 aromatic carbocycles. The summed E-state index contributed by atoms with van der Waals surface area (Å²) in [4.78, 5) is 0. The highest BCUT2D eigenvalue weighted by atomic mass is 16.6. The van der Waals surface area contributed by atoms with Crippen molar-refractivity contribution >= 4 is 0 Å². The third-order valence-electron chi connectivity index (χ3n) is 3.93. The molecule has 0 amide bonds. The molecule has 2 heterocycles. The van der Waals surface area contributed by atoms with Gasteiger partial charge in [-0.05, 0) is 29.3 Å². The maximum Gasteiger partial charge on any atom is 0.161 e. The number of ether oxygens (including phenoxy) is 3. The molecule has 0 radical (unpaired) electrons. The van der Waals surface area contributed by atoms with E-state index in [1.165, 1.54) is 0 Å². The number of benzene rings is 2. The van der Waals surface area contributed by atoms with E-state index in [-0.39, 0.29) is 6.10 Å². The first kappa shape index (κ1) is 12.5. The average molecular weight is 284 g/mol. The molecular formula is C17H16O4. The number of hydrogen-bond donors (Lipinski definition) is 1. The quantitative estimate of drug-likeness (QED) is 0.920. The molecular weight excluding hydrogens is 268 g/mol. The number of hydrogen-bond acceptors (Lipinski definition) is 4. The zero-order valence-corrected chi connectivity index (χ0v) is 11.5. The summed E-state index contributed by atoms with van der Waals surface area (Å²) < 4.78 is 16.9. The van der Waals surface area contributed by atoms with Gasteiger partial charge in [-0.1, -0.05) is 24.3 Å². The highest BCUT2D eigenvalue weighted by molar-refractivity contribution is 5.45. The van der Waals surface area contributed by atoms with Crippen LogP contribution in [0.4, 0.5) is 0 Å². The molecule has 4 nitrogen and oxygen atoms in total. The maximum absolute atomic E-state index is 10.6. The molecule has 2 aliphatic rings. The summed E-state index contributed by atoms with van der Waals surface area (Å²) in [5.74, 6) is 2.28. The SMILES string of the molecule is OC(c1ccc2c(c1)OCCO2)C1Cc2ccccc2O1. The Labute approximate surface area is 122 Å². The van der Waals surface area contributed by atoms with Crippen LogP contribution in [-0.2, 0) is 6.42 Å². The molecule has 0 saturated carbocycles. The Morgan fingerprint density at radius 3 is 2.62 bits per heavy atom. The molecule has 0 fully saturated rings. The van der Waals surface area contributed by atoms with Gasteiger partial charge in [0.2, 0.25) is 0 Å². The molecule has 2 atom stereocenters. The van der Waals surface area contributed by atoms with Gasteiger partial charge in [-0.15, -0.1) is 0 Å². The van der Waals surface area contributed by atoms with Gasteiger partial charge in [0.25, 0.3) is 0 Å². The van der Waals surface area contributed by atoms with Crippen LogP contribution in [0, 0.1) is 0 Å². The first-order chi connectivity index (χ1) is 10.3. The Hall–Kier alpha value is -2.20. The van der Waals surface area contributed by atoms with Crippen LogP contribution in [0.15, 0.2) is 42.5 Å². The first-order valence-corrected chi connectivity index (χ1v) is 7.13. The lowest BCUT2D eigenvalue weighted by Crippen LogP contribution is -2.23. The van der Waals surface area contributed by atoms with Gasteiger partial charge in [-0.25, -0.2) is 0 Å². The minimum atomic E-state index is -0.687. The van der Waals surface area contributed by atoms with Crippen molar-refractivity contribution in [1.82, 2.24) is 0 Å². The summed E-state index contributed by atoms with van der Waals surface area (Å²) in [6, 6.07) is 13.4. The predicted molar refractivity (Wildman–Crippen MR) is 77.0 cm³/mol. The van der Waals surface area contributed by atoms with E-state index in [4.69, 9.17) is 14.2 Å². The van der Waals surface area contributed by atoms with E-state index in [0.717, 1.165) is 22.6 Å². The Bertz CT molecular complexity index is 643. The number of aliphatic hydroxyl groups excluding tert-OH is 1. The highest BCUT2D eigenvalue weighted by Crippen LogP contribution is 2.37. The summed E-state index contributed by atoms with van der Waals surface area (Å²) in [7, 11) is 0. The highest BCUT2D eigenvalue weighted by Gasteiger charge is 2.30. The van der Waals surface area contributed by atoms with Gasteiger partial charge in [0.1, 0.15) is 31.2 Å². The Morgan fingerprint density at radius 1 is 0.952 bits per heavy atom. The lowest BCUT2D eigenvalue weighted by Gasteiger charge is -2.22. The normalized spacial score (nSPS) is 20.5. The molecule has 0 bridgehead atoms. The second kappa shape index (κ2) is 4.97. The Balaban J connectivity index is 1.57. The van der Waals surface area contributed by atoms with Crippen LogP contribution in [0.25, 0.3) is 0 Å². The van der Waals surface area contributed by atoms with E-state index in [2.05, 4.69) is 0 Å². The molecule has 108 valence electrons. The number of fused-ring (bicyclic) bond motifs is 2. The zero-order valence-electron chi connectivity index (χ0n) is 11.5. The van der Waals surface area contributed by atoms with E-state index in [0.29, 0.717) is 25.4 Å². The average Bonchev–Trinajstić information content (AvgIpc) is 2.97. The third-order valence-corrected chi connectivity index (χ3v) is 3.93. The Kier molecular flexibility index (Phi) is 2.97. The molecule has 0 spiro atoms. The smallest absolute Gasteiger partial charge is 0.161 e. The van der Waals surface area contributed by atoms with E-state index in [9.17, 15) is 5.11 Å². The van der Waals surface area contributed by atoms with E-state index in [1.807, 2.05) is 42.5 Å². The van der Waals surface area contributed by atoms with Crippen molar-refractivity contribution in [3.8, 4) is 17.2 Å². The van der Waals surface area contributed by atoms with Gasteiger partial charge in [-0.3, -0.25) is 0 Å². The number of aliphatic hydroxyl groups is 1. The second-order valence-corrected chi connectivity index (χ2v) is 5.32. The zero-order chi connectivity index (χ0) is 14.2. The lowest BCUT2D eigenvalue weighted by atomic mass is 10.00. The fourth-order valence-electron chi connectivity index (χ4n) is 2.84. The van der Waals surface area contributed by atoms with Crippen molar-refractivity contribution in [3.63, 3.8) is 0 Å². The molecule has 2 unspecified atom stereocenters. The predicted octanol–water partition coefficient (Wildman–Crippen LogP) is 2.49. The van der Waals surface area contributed by atoms with E-state index < -0.39 is 6.10 Å². The van der Waals surface area contributed by atoms with Crippen molar-refractivity contribution in [2.45, 2.75) is 18.6 Å². The van der Waals surface area contributed by atoms with Gasteiger partial charge in [0.15, 0.2) is 11.5 Å². The van der Waals surface area contributed by atoms with Crippen LogP contribution in [-0.4, -0.2) is 24.4 Å². The molecule has 0 aliphatic carbocycles. The fraction of sp³-hybridized carbons (Fsp3) is 0.294. The number of para-hydroxylation sites is 1. The van der Waals surface area contributed by atoms with E-state index >= 15 is 0 Å².